The quantitative estimate of drug-likeness (QED) is 0.523. The lowest BCUT2D eigenvalue weighted by Crippen LogP contribution is -2.19. The minimum Gasteiger partial charge on any atom is -0.449 e. The largest absolute Gasteiger partial charge is 0.481 e. The first-order valence-corrected chi connectivity index (χ1v) is 3.93. The van der Waals surface area contributed by atoms with Crippen molar-refractivity contribution in [3.05, 3.63) is 0 Å². The van der Waals surface area contributed by atoms with Gasteiger partial charge in [0.2, 0.25) is 0 Å². The first-order valence-electron chi connectivity index (χ1n) is 3.93. The zero-order chi connectivity index (χ0) is 8.86. The van der Waals surface area contributed by atoms with Crippen LogP contribution in [0.1, 0.15) is 27.2 Å². The van der Waals surface area contributed by atoms with E-state index in [2.05, 4.69) is 0 Å². The number of hydrogen-bond donors (Lipinski definition) is 0. The van der Waals surface area contributed by atoms with Gasteiger partial charge in [-0.2, -0.15) is 0 Å². The fourth-order valence-electron chi connectivity index (χ4n) is 1.63. The molecule has 1 rings (SSSR count). The van der Waals surface area contributed by atoms with Crippen LogP contribution in [0.3, 0.4) is 0 Å². The molecule has 0 nitrogen and oxygen atoms in total. The van der Waals surface area contributed by atoms with Gasteiger partial charge in [0.25, 0.3) is 0 Å². The van der Waals surface area contributed by atoms with Crippen molar-refractivity contribution in [2.24, 2.45) is 11.3 Å². The summed E-state index contributed by atoms with van der Waals surface area (Å²) in [5.74, 6) is -1.09. The molecule has 0 aliphatic heterocycles. The molecule has 1 aliphatic carbocycles. The van der Waals surface area contributed by atoms with E-state index in [4.69, 9.17) is 0 Å². The van der Waals surface area contributed by atoms with Gasteiger partial charge in [-0.25, -0.2) is 0 Å². The van der Waals surface area contributed by atoms with Crippen molar-refractivity contribution >= 4 is 6.98 Å². The average molecular weight is 165 g/mol. The third-order valence-corrected chi connectivity index (χ3v) is 2.44. The van der Waals surface area contributed by atoms with Crippen molar-refractivity contribution in [1.82, 2.24) is 0 Å². The van der Waals surface area contributed by atoms with Gasteiger partial charge in [0.15, 0.2) is 0 Å². The van der Waals surface area contributed by atoms with E-state index in [1.165, 1.54) is 0 Å². The fraction of sp³-hybridized carbons (Fsp3) is 1.00. The molecule has 2 unspecified atom stereocenters. The molecule has 0 N–H and O–H groups in total. The lowest BCUT2D eigenvalue weighted by atomic mass is 9.76. The Kier molecular flexibility index (Phi) is 1.77. The molecule has 0 heterocycles. The molecule has 1 aliphatic rings. The lowest BCUT2D eigenvalue weighted by Gasteiger charge is -2.21. The van der Waals surface area contributed by atoms with E-state index in [0.717, 1.165) is 0 Å². The van der Waals surface area contributed by atoms with Gasteiger partial charge in [-0.1, -0.05) is 38.9 Å². The molecule has 0 radical (unpaired) electrons. The summed E-state index contributed by atoms with van der Waals surface area (Å²) >= 11 is 0. The molecular formula is C7H13BF3-. The number of rotatable bonds is 1. The van der Waals surface area contributed by atoms with E-state index in [1.54, 1.807) is 0 Å². The Bertz CT molecular complexity index is 138. The summed E-state index contributed by atoms with van der Waals surface area (Å²) in [4.78, 5) is 0. The summed E-state index contributed by atoms with van der Waals surface area (Å²) in [6.45, 7) is 1.06. The van der Waals surface area contributed by atoms with Crippen molar-refractivity contribution in [2.75, 3.05) is 0 Å². The van der Waals surface area contributed by atoms with Crippen LogP contribution >= 0.6 is 0 Å². The predicted octanol–water partition coefficient (Wildman–Crippen LogP) is 3.27. The van der Waals surface area contributed by atoms with E-state index in [9.17, 15) is 12.9 Å². The molecule has 0 saturated heterocycles. The molecule has 0 amide bonds. The topological polar surface area (TPSA) is 0 Å². The first kappa shape index (κ1) is 8.95. The summed E-state index contributed by atoms with van der Waals surface area (Å²) in [5.41, 5.74) is -0.165. The van der Waals surface area contributed by atoms with Gasteiger partial charge in [0.05, 0.1) is 0 Å². The molecule has 0 aromatic carbocycles. The van der Waals surface area contributed by atoms with Crippen molar-refractivity contribution in [3.63, 3.8) is 0 Å². The van der Waals surface area contributed by atoms with E-state index >= 15 is 0 Å². The van der Waals surface area contributed by atoms with Crippen LogP contribution in [0.2, 0.25) is 5.82 Å². The Morgan fingerprint density at radius 2 is 1.64 bits per heavy atom. The fourth-order valence-corrected chi connectivity index (χ4v) is 1.63. The van der Waals surface area contributed by atoms with Gasteiger partial charge >= 0.3 is 6.98 Å². The standard InChI is InChI=1S/C7H13BF3/c1-7(2,3)5-4-6(5)8(9,10)11/h5-6H,4H2,1-3H3/q-1. The molecule has 1 fully saturated rings. The maximum atomic E-state index is 12.1. The van der Waals surface area contributed by atoms with E-state index in [-0.39, 0.29) is 11.3 Å². The highest BCUT2D eigenvalue weighted by molar-refractivity contribution is 6.61. The van der Waals surface area contributed by atoms with Crippen molar-refractivity contribution in [3.8, 4) is 0 Å². The maximum absolute atomic E-state index is 12.1. The van der Waals surface area contributed by atoms with Crippen LogP contribution in [-0.4, -0.2) is 6.98 Å². The van der Waals surface area contributed by atoms with Crippen LogP contribution in [-0.2, 0) is 0 Å². The van der Waals surface area contributed by atoms with Crippen LogP contribution < -0.4 is 0 Å². The molecule has 2 atom stereocenters. The normalized spacial score (nSPS) is 32.2. The van der Waals surface area contributed by atoms with Gasteiger partial charge in [-0.15, -0.1) is 0 Å². The van der Waals surface area contributed by atoms with Gasteiger partial charge in [-0.3, -0.25) is 0 Å². The molecule has 1 saturated carbocycles. The molecule has 0 bridgehead atoms. The Morgan fingerprint density at radius 1 is 1.18 bits per heavy atom. The van der Waals surface area contributed by atoms with Crippen LogP contribution in [0.15, 0.2) is 0 Å². The van der Waals surface area contributed by atoms with Gasteiger partial charge < -0.3 is 12.9 Å². The Morgan fingerprint density at radius 3 is 1.73 bits per heavy atom. The van der Waals surface area contributed by atoms with Crippen LogP contribution in [0.25, 0.3) is 0 Å². The molecule has 0 aromatic heterocycles. The molecule has 0 aromatic rings. The van der Waals surface area contributed by atoms with Gasteiger partial charge in [-0.05, 0) is 5.41 Å². The van der Waals surface area contributed by atoms with Gasteiger partial charge in [0.1, 0.15) is 0 Å². The van der Waals surface area contributed by atoms with Crippen LogP contribution in [0.4, 0.5) is 12.9 Å². The van der Waals surface area contributed by atoms with E-state index in [0.29, 0.717) is 6.42 Å². The molecule has 11 heavy (non-hydrogen) atoms. The molecule has 0 spiro atoms. The summed E-state index contributed by atoms with van der Waals surface area (Å²) in [7, 11) is 0. The Balaban J connectivity index is 2.51. The summed E-state index contributed by atoms with van der Waals surface area (Å²) in [6.07, 6.45) is 0.354. The second kappa shape index (κ2) is 2.17. The zero-order valence-electron chi connectivity index (χ0n) is 7.07. The zero-order valence-corrected chi connectivity index (χ0v) is 7.07. The predicted molar refractivity (Wildman–Crippen MR) is 40.4 cm³/mol. The second-order valence-electron chi connectivity index (χ2n) is 4.50. The monoisotopic (exact) mass is 165 g/mol. The summed E-state index contributed by atoms with van der Waals surface area (Å²) in [6, 6.07) is 0. The highest BCUT2D eigenvalue weighted by Crippen LogP contribution is 2.60. The van der Waals surface area contributed by atoms with Crippen molar-refractivity contribution in [1.29, 1.82) is 0 Å². The third kappa shape index (κ3) is 1.91. The minimum absolute atomic E-state index is 0.123. The highest BCUT2D eigenvalue weighted by Gasteiger charge is 2.54. The lowest BCUT2D eigenvalue weighted by molar-refractivity contribution is 0.337. The van der Waals surface area contributed by atoms with Gasteiger partial charge in [0, 0.05) is 0 Å². The smallest absolute Gasteiger partial charge is 0.449 e. The molecule has 66 valence electrons. The number of halogens is 3. The second-order valence-corrected chi connectivity index (χ2v) is 4.50. The van der Waals surface area contributed by atoms with Crippen molar-refractivity contribution in [2.45, 2.75) is 33.0 Å². The van der Waals surface area contributed by atoms with Crippen LogP contribution in [0, 0.1) is 11.3 Å². The average Bonchev–Trinajstić information content (AvgIpc) is 2.30. The SMILES string of the molecule is CC(C)(C)C1CC1[B-](F)(F)F. The maximum Gasteiger partial charge on any atom is 0.481 e. The van der Waals surface area contributed by atoms with Crippen LogP contribution in [0.5, 0.6) is 0 Å². The highest BCUT2D eigenvalue weighted by atomic mass is 19.4. The minimum atomic E-state index is -4.56. The Hall–Kier alpha value is -0.145. The number of hydrogen-bond acceptors (Lipinski definition) is 0. The first-order chi connectivity index (χ1) is 4.73. The third-order valence-electron chi connectivity index (χ3n) is 2.44. The molecular weight excluding hydrogens is 152 g/mol. The summed E-state index contributed by atoms with van der Waals surface area (Å²) in [5, 5.41) is 0. The van der Waals surface area contributed by atoms with E-state index in [1.807, 2.05) is 20.8 Å². The van der Waals surface area contributed by atoms with E-state index < -0.39 is 12.8 Å². The van der Waals surface area contributed by atoms with Crippen molar-refractivity contribution < 1.29 is 12.9 Å². The molecule has 4 heteroatoms. The summed E-state index contributed by atoms with van der Waals surface area (Å²) < 4.78 is 36.3. The Labute approximate surface area is 65.2 Å².